The molecule has 2 amide bonds. The minimum atomic E-state index is -0.589. The largest absolute Gasteiger partial charge is 0.464 e. The van der Waals surface area contributed by atoms with Crippen molar-refractivity contribution in [3.63, 3.8) is 0 Å². The minimum absolute atomic E-state index is 0.283. The molecule has 1 aromatic carbocycles. The van der Waals surface area contributed by atoms with Crippen LogP contribution in [0, 0.1) is 0 Å². The first-order valence-corrected chi connectivity index (χ1v) is 10.7. The molecule has 0 bridgehead atoms. The van der Waals surface area contributed by atoms with E-state index in [0.717, 1.165) is 11.1 Å². The van der Waals surface area contributed by atoms with Gasteiger partial charge < -0.3 is 25.1 Å². The summed E-state index contributed by atoms with van der Waals surface area (Å²) in [6.45, 7) is 5.72. The number of aromatic nitrogens is 2. The van der Waals surface area contributed by atoms with Crippen LogP contribution >= 0.6 is 0 Å². The van der Waals surface area contributed by atoms with Gasteiger partial charge in [-0.25, -0.2) is 9.59 Å². The predicted octanol–water partition coefficient (Wildman–Crippen LogP) is 4.18. The molecule has 0 spiro atoms. The van der Waals surface area contributed by atoms with Crippen LogP contribution in [-0.2, 0) is 15.9 Å². The van der Waals surface area contributed by atoms with E-state index in [1.54, 1.807) is 69.7 Å². The lowest BCUT2D eigenvalue weighted by atomic mass is 9.96. The summed E-state index contributed by atoms with van der Waals surface area (Å²) >= 11 is 0. The number of carbonyl (C=O) groups excluding carboxylic acids is 3. The van der Waals surface area contributed by atoms with Gasteiger partial charge in [0.05, 0.1) is 7.11 Å². The lowest BCUT2D eigenvalue weighted by Crippen LogP contribution is -2.33. The van der Waals surface area contributed by atoms with Gasteiger partial charge in [-0.15, -0.1) is 0 Å². The summed E-state index contributed by atoms with van der Waals surface area (Å²) in [6.07, 6.45) is 4.85. The number of amides is 2. The van der Waals surface area contributed by atoms with Crippen molar-refractivity contribution in [3.8, 4) is 11.1 Å². The molecule has 0 saturated carbocycles. The molecular formula is C25H28N4O5. The second-order valence-electron chi connectivity index (χ2n) is 8.53. The van der Waals surface area contributed by atoms with Crippen molar-refractivity contribution in [1.29, 1.82) is 0 Å². The number of esters is 1. The number of carbonyl (C=O) groups is 3. The maximum absolute atomic E-state index is 12.8. The number of pyridine rings is 1. The van der Waals surface area contributed by atoms with Gasteiger partial charge in [-0.2, -0.15) is 0 Å². The van der Waals surface area contributed by atoms with E-state index in [9.17, 15) is 14.4 Å². The molecule has 0 aliphatic carbocycles. The Hall–Kier alpha value is -4.14. The van der Waals surface area contributed by atoms with Gasteiger partial charge in [0.2, 0.25) is 0 Å². The third kappa shape index (κ3) is 6.68. The summed E-state index contributed by atoms with van der Waals surface area (Å²) in [5.41, 5.74) is 3.12. The molecule has 2 aromatic heterocycles. The highest BCUT2D eigenvalue weighted by Gasteiger charge is 2.17. The smallest absolute Gasteiger partial charge is 0.407 e. The second kappa shape index (κ2) is 10.7. The van der Waals surface area contributed by atoms with E-state index in [4.69, 9.17) is 9.47 Å². The number of nitrogens with zero attached hydrogens (tertiary/aromatic N) is 1. The Kier molecular flexibility index (Phi) is 7.68. The van der Waals surface area contributed by atoms with Gasteiger partial charge in [0, 0.05) is 41.9 Å². The lowest BCUT2D eigenvalue weighted by Gasteiger charge is -2.20. The molecule has 0 atom stereocenters. The Labute approximate surface area is 197 Å². The summed E-state index contributed by atoms with van der Waals surface area (Å²) in [4.78, 5) is 43.5. The van der Waals surface area contributed by atoms with Gasteiger partial charge in [0.1, 0.15) is 11.3 Å². The first-order valence-electron chi connectivity index (χ1n) is 10.7. The number of ether oxygens (including phenoxy) is 2. The first-order chi connectivity index (χ1) is 16.2. The second-order valence-corrected chi connectivity index (χ2v) is 8.53. The van der Waals surface area contributed by atoms with Crippen LogP contribution in [-0.4, -0.2) is 47.2 Å². The highest BCUT2D eigenvalue weighted by atomic mass is 16.6. The number of alkyl carbamates (subject to hydrolysis) is 1. The molecule has 0 radical (unpaired) electrons. The summed E-state index contributed by atoms with van der Waals surface area (Å²) in [6, 6.07) is 10.4. The van der Waals surface area contributed by atoms with Crippen LogP contribution < -0.4 is 10.6 Å². The van der Waals surface area contributed by atoms with Crippen molar-refractivity contribution in [2.24, 2.45) is 0 Å². The number of anilines is 1. The molecule has 178 valence electrons. The summed E-state index contributed by atoms with van der Waals surface area (Å²) in [5.74, 6) is -0.777. The van der Waals surface area contributed by atoms with E-state index in [-0.39, 0.29) is 5.91 Å². The summed E-state index contributed by atoms with van der Waals surface area (Å²) in [5, 5.41) is 5.58. The van der Waals surface area contributed by atoms with Crippen LogP contribution in [0.25, 0.3) is 11.1 Å². The van der Waals surface area contributed by atoms with E-state index >= 15 is 0 Å². The topological polar surface area (TPSA) is 122 Å². The number of benzene rings is 1. The zero-order valence-electron chi connectivity index (χ0n) is 19.6. The van der Waals surface area contributed by atoms with Crippen LogP contribution in [0.5, 0.6) is 0 Å². The quantitative estimate of drug-likeness (QED) is 0.451. The summed E-state index contributed by atoms with van der Waals surface area (Å²) in [7, 11) is 1.31. The van der Waals surface area contributed by atoms with Crippen molar-refractivity contribution in [2.75, 3.05) is 19.0 Å². The van der Waals surface area contributed by atoms with E-state index in [2.05, 4.69) is 20.6 Å². The molecule has 9 heteroatoms. The zero-order valence-corrected chi connectivity index (χ0v) is 19.6. The number of H-pyrrole nitrogens is 1. The minimum Gasteiger partial charge on any atom is -0.464 e. The standard InChI is InChI=1S/C25H28N4O5/c1-25(2,3)34-24(32)27-12-7-16-5-6-17(22(30)29-19-8-10-26-11-9-19)13-20(16)18-14-21(28-15-18)23(31)33-4/h5-6,8-11,13-15,28H,7,12H2,1-4H3,(H,27,32)(H,26,29,30). The summed E-state index contributed by atoms with van der Waals surface area (Å²) < 4.78 is 10.1. The zero-order chi connectivity index (χ0) is 24.7. The third-order valence-corrected chi connectivity index (χ3v) is 4.77. The fraction of sp³-hybridized carbons (Fsp3) is 0.280. The maximum Gasteiger partial charge on any atom is 0.407 e. The molecule has 3 rings (SSSR count). The SMILES string of the molecule is COC(=O)c1cc(-c2cc(C(=O)Nc3ccncc3)ccc2CCNC(=O)OC(C)(C)C)c[nH]1. The molecule has 0 aliphatic rings. The van der Waals surface area contributed by atoms with Gasteiger partial charge in [0.25, 0.3) is 5.91 Å². The van der Waals surface area contributed by atoms with Gasteiger partial charge in [0.15, 0.2) is 0 Å². The number of nitrogens with one attached hydrogen (secondary N) is 3. The lowest BCUT2D eigenvalue weighted by molar-refractivity contribution is 0.0527. The van der Waals surface area contributed by atoms with E-state index in [1.807, 2.05) is 6.07 Å². The van der Waals surface area contributed by atoms with Crippen molar-refractivity contribution in [3.05, 3.63) is 71.8 Å². The monoisotopic (exact) mass is 464 g/mol. The fourth-order valence-corrected chi connectivity index (χ4v) is 3.23. The van der Waals surface area contributed by atoms with Gasteiger partial charge in [-0.05, 0) is 68.7 Å². The number of aromatic amines is 1. The molecule has 0 aliphatic heterocycles. The normalized spacial score (nSPS) is 10.9. The van der Waals surface area contributed by atoms with Crippen LogP contribution in [0.3, 0.4) is 0 Å². The Morgan fingerprint density at radius 1 is 1.06 bits per heavy atom. The van der Waals surface area contributed by atoms with Crippen LogP contribution in [0.15, 0.2) is 55.0 Å². The van der Waals surface area contributed by atoms with Crippen molar-refractivity contribution in [1.82, 2.24) is 15.3 Å². The van der Waals surface area contributed by atoms with E-state index in [0.29, 0.717) is 35.5 Å². The van der Waals surface area contributed by atoms with Crippen LogP contribution in [0.4, 0.5) is 10.5 Å². The molecule has 3 aromatic rings. The van der Waals surface area contributed by atoms with Crippen molar-refractivity contribution in [2.45, 2.75) is 32.8 Å². The number of hydrogen-bond acceptors (Lipinski definition) is 6. The Morgan fingerprint density at radius 2 is 1.79 bits per heavy atom. The highest BCUT2D eigenvalue weighted by molar-refractivity contribution is 6.05. The average molecular weight is 465 g/mol. The molecule has 0 saturated heterocycles. The van der Waals surface area contributed by atoms with E-state index < -0.39 is 17.7 Å². The van der Waals surface area contributed by atoms with Gasteiger partial charge in [-0.1, -0.05) is 6.07 Å². The molecule has 0 fully saturated rings. The average Bonchev–Trinajstić information content (AvgIpc) is 3.28. The highest BCUT2D eigenvalue weighted by Crippen LogP contribution is 2.27. The fourth-order valence-electron chi connectivity index (χ4n) is 3.23. The number of rotatable bonds is 7. The number of methoxy groups -OCH3 is 1. The Balaban J connectivity index is 1.84. The molecule has 2 heterocycles. The molecule has 3 N–H and O–H groups in total. The van der Waals surface area contributed by atoms with Gasteiger partial charge in [-0.3, -0.25) is 9.78 Å². The van der Waals surface area contributed by atoms with Crippen molar-refractivity contribution < 1.29 is 23.9 Å². The van der Waals surface area contributed by atoms with E-state index in [1.165, 1.54) is 7.11 Å². The molecule has 0 unspecified atom stereocenters. The first kappa shape index (κ1) is 24.5. The van der Waals surface area contributed by atoms with Crippen molar-refractivity contribution >= 4 is 23.7 Å². The Morgan fingerprint density at radius 3 is 2.47 bits per heavy atom. The Bertz CT molecular complexity index is 1170. The third-order valence-electron chi connectivity index (χ3n) is 4.77. The number of hydrogen-bond donors (Lipinski definition) is 3. The molecule has 9 nitrogen and oxygen atoms in total. The van der Waals surface area contributed by atoms with Crippen LogP contribution in [0.1, 0.15) is 47.2 Å². The molecular weight excluding hydrogens is 436 g/mol. The molecule has 34 heavy (non-hydrogen) atoms. The predicted molar refractivity (Wildman–Crippen MR) is 128 cm³/mol. The van der Waals surface area contributed by atoms with Gasteiger partial charge >= 0.3 is 12.1 Å². The van der Waals surface area contributed by atoms with Crippen LogP contribution in [0.2, 0.25) is 0 Å². The maximum atomic E-state index is 12.8.